The smallest absolute Gasteiger partial charge is 0.254 e. The molecule has 0 spiro atoms. The molecule has 1 aliphatic heterocycles. The van der Waals surface area contributed by atoms with Gasteiger partial charge in [0.25, 0.3) is 5.91 Å². The lowest BCUT2D eigenvalue weighted by molar-refractivity contribution is 0.0627. The number of benzene rings is 3. The van der Waals surface area contributed by atoms with Gasteiger partial charge in [-0.15, -0.1) is 0 Å². The SMILES string of the molecule is Cc1ccc(S(=O)(=O)NCc2ccccc2)cc1C(=O)N1CCN(Cc2ccccc2)CC1. The van der Waals surface area contributed by atoms with E-state index in [1.165, 1.54) is 11.6 Å². The normalized spacial score (nSPS) is 14.9. The highest BCUT2D eigenvalue weighted by molar-refractivity contribution is 7.89. The summed E-state index contributed by atoms with van der Waals surface area (Å²) in [6.45, 7) is 5.72. The van der Waals surface area contributed by atoms with Crippen LogP contribution in [0.4, 0.5) is 0 Å². The molecule has 0 saturated carbocycles. The fourth-order valence-corrected chi connectivity index (χ4v) is 5.02. The summed E-state index contributed by atoms with van der Waals surface area (Å²) in [5, 5.41) is 0. The van der Waals surface area contributed by atoms with Crippen LogP contribution in [-0.4, -0.2) is 50.3 Å². The van der Waals surface area contributed by atoms with Gasteiger partial charge in [0.05, 0.1) is 4.90 Å². The molecule has 3 aromatic carbocycles. The molecule has 1 fully saturated rings. The van der Waals surface area contributed by atoms with Crippen LogP contribution in [0.25, 0.3) is 0 Å². The van der Waals surface area contributed by atoms with Crippen molar-refractivity contribution in [2.24, 2.45) is 0 Å². The van der Waals surface area contributed by atoms with Crippen LogP contribution in [0, 0.1) is 6.92 Å². The molecule has 1 saturated heterocycles. The molecule has 0 unspecified atom stereocenters. The zero-order valence-electron chi connectivity index (χ0n) is 18.8. The molecule has 4 rings (SSSR count). The first kappa shape index (κ1) is 23.2. The van der Waals surface area contributed by atoms with Crippen LogP contribution in [0.1, 0.15) is 27.0 Å². The number of carbonyl (C=O) groups is 1. The zero-order valence-corrected chi connectivity index (χ0v) is 19.6. The van der Waals surface area contributed by atoms with Gasteiger partial charge in [0.1, 0.15) is 0 Å². The fourth-order valence-electron chi connectivity index (χ4n) is 3.98. The first-order valence-corrected chi connectivity index (χ1v) is 12.6. The van der Waals surface area contributed by atoms with Crippen LogP contribution in [0.5, 0.6) is 0 Å². The van der Waals surface area contributed by atoms with E-state index in [0.29, 0.717) is 18.7 Å². The maximum Gasteiger partial charge on any atom is 0.254 e. The van der Waals surface area contributed by atoms with E-state index in [-0.39, 0.29) is 17.3 Å². The Morgan fingerprint density at radius 2 is 1.45 bits per heavy atom. The Bertz CT molecular complexity index is 1190. The number of amides is 1. The van der Waals surface area contributed by atoms with Gasteiger partial charge in [0.2, 0.25) is 10.0 Å². The van der Waals surface area contributed by atoms with Crippen LogP contribution in [0.15, 0.2) is 83.8 Å². The summed E-state index contributed by atoms with van der Waals surface area (Å²) in [5.41, 5.74) is 3.34. The highest BCUT2D eigenvalue weighted by Gasteiger charge is 2.25. The molecular formula is C26H29N3O3S. The molecule has 1 amide bonds. The molecule has 0 radical (unpaired) electrons. The second-order valence-corrected chi connectivity index (χ2v) is 10.1. The van der Waals surface area contributed by atoms with Gasteiger partial charge in [0.15, 0.2) is 0 Å². The van der Waals surface area contributed by atoms with Crippen molar-refractivity contribution in [3.63, 3.8) is 0 Å². The van der Waals surface area contributed by atoms with Crippen molar-refractivity contribution < 1.29 is 13.2 Å². The minimum Gasteiger partial charge on any atom is -0.336 e. The van der Waals surface area contributed by atoms with Crippen molar-refractivity contribution in [1.82, 2.24) is 14.5 Å². The topological polar surface area (TPSA) is 69.7 Å². The summed E-state index contributed by atoms with van der Waals surface area (Å²) in [5.74, 6) is -0.119. The second kappa shape index (κ2) is 10.3. The van der Waals surface area contributed by atoms with E-state index in [2.05, 4.69) is 21.8 Å². The molecule has 6 nitrogen and oxygen atoms in total. The lowest BCUT2D eigenvalue weighted by Gasteiger charge is -2.35. The summed E-state index contributed by atoms with van der Waals surface area (Å²) < 4.78 is 28.3. The fraction of sp³-hybridized carbons (Fsp3) is 0.269. The van der Waals surface area contributed by atoms with Gasteiger partial charge >= 0.3 is 0 Å². The molecular weight excluding hydrogens is 434 g/mol. The van der Waals surface area contributed by atoms with Gasteiger partial charge in [-0.3, -0.25) is 9.69 Å². The summed E-state index contributed by atoms with van der Waals surface area (Å²) in [6, 6.07) is 24.4. The molecule has 1 heterocycles. The number of nitrogens with one attached hydrogen (secondary N) is 1. The highest BCUT2D eigenvalue weighted by Crippen LogP contribution is 2.19. The van der Waals surface area contributed by atoms with Crippen molar-refractivity contribution in [2.75, 3.05) is 26.2 Å². The van der Waals surface area contributed by atoms with E-state index >= 15 is 0 Å². The predicted molar refractivity (Wildman–Crippen MR) is 129 cm³/mol. The van der Waals surface area contributed by atoms with Crippen molar-refractivity contribution in [3.8, 4) is 0 Å². The maximum absolute atomic E-state index is 13.2. The van der Waals surface area contributed by atoms with Crippen molar-refractivity contribution in [3.05, 3.63) is 101 Å². The van der Waals surface area contributed by atoms with Gasteiger partial charge < -0.3 is 4.90 Å². The van der Waals surface area contributed by atoms with Crippen molar-refractivity contribution in [1.29, 1.82) is 0 Å². The lowest BCUT2D eigenvalue weighted by atomic mass is 10.1. The molecule has 0 aliphatic carbocycles. The third-order valence-corrected chi connectivity index (χ3v) is 7.37. The summed E-state index contributed by atoms with van der Waals surface area (Å²) >= 11 is 0. The van der Waals surface area contributed by atoms with Gasteiger partial charge in [-0.25, -0.2) is 13.1 Å². The third-order valence-electron chi connectivity index (χ3n) is 5.97. The molecule has 7 heteroatoms. The van der Waals surface area contributed by atoms with Gasteiger partial charge in [-0.2, -0.15) is 0 Å². The van der Waals surface area contributed by atoms with Crippen molar-refractivity contribution >= 4 is 15.9 Å². The van der Waals surface area contributed by atoms with Crippen LogP contribution in [-0.2, 0) is 23.1 Å². The number of aryl methyl sites for hydroxylation is 1. The molecule has 0 atom stereocenters. The van der Waals surface area contributed by atoms with E-state index in [4.69, 9.17) is 0 Å². The highest BCUT2D eigenvalue weighted by atomic mass is 32.2. The van der Waals surface area contributed by atoms with Gasteiger partial charge in [0, 0.05) is 44.8 Å². The Morgan fingerprint density at radius 3 is 2.09 bits per heavy atom. The number of piperazine rings is 1. The number of nitrogens with zero attached hydrogens (tertiary/aromatic N) is 2. The van der Waals surface area contributed by atoms with Crippen LogP contribution >= 0.6 is 0 Å². The number of sulfonamides is 1. The molecule has 0 aromatic heterocycles. The molecule has 1 N–H and O–H groups in total. The third kappa shape index (κ3) is 5.87. The van der Waals surface area contributed by atoms with Gasteiger partial charge in [-0.05, 0) is 35.7 Å². The largest absolute Gasteiger partial charge is 0.336 e. The van der Waals surface area contributed by atoms with Crippen LogP contribution < -0.4 is 4.72 Å². The van der Waals surface area contributed by atoms with E-state index in [9.17, 15) is 13.2 Å². The molecule has 1 aliphatic rings. The van der Waals surface area contributed by atoms with E-state index < -0.39 is 10.0 Å². The van der Waals surface area contributed by atoms with Crippen LogP contribution in [0.3, 0.4) is 0 Å². The first-order chi connectivity index (χ1) is 15.9. The average Bonchev–Trinajstić information content (AvgIpc) is 2.84. The molecule has 172 valence electrons. The van der Waals surface area contributed by atoms with Gasteiger partial charge in [-0.1, -0.05) is 66.7 Å². The molecule has 3 aromatic rings. The zero-order chi connectivity index (χ0) is 23.3. The minimum atomic E-state index is -3.73. The molecule has 0 bridgehead atoms. The Kier molecular flexibility index (Phi) is 7.23. The average molecular weight is 464 g/mol. The summed E-state index contributed by atoms with van der Waals surface area (Å²) in [6.07, 6.45) is 0. The van der Waals surface area contributed by atoms with Crippen molar-refractivity contribution in [2.45, 2.75) is 24.9 Å². The summed E-state index contributed by atoms with van der Waals surface area (Å²) in [7, 11) is -3.73. The van der Waals surface area contributed by atoms with Crippen LogP contribution in [0.2, 0.25) is 0 Å². The van der Waals surface area contributed by atoms with E-state index in [0.717, 1.165) is 30.8 Å². The molecule has 33 heavy (non-hydrogen) atoms. The van der Waals surface area contributed by atoms with E-state index in [1.807, 2.05) is 60.4 Å². The predicted octanol–water partition coefficient (Wildman–Crippen LogP) is 3.43. The number of hydrogen-bond acceptors (Lipinski definition) is 4. The lowest BCUT2D eigenvalue weighted by Crippen LogP contribution is -2.48. The number of rotatable bonds is 7. The Balaban J connectivity index is 1.41. The first-order valence-electron chi connectivity index (χ1n) is 11.1. The number of carbonyl (C=O) groups excluding carboxylic acids is 1. The monoisotopic (exact) mass is 463 g/mol. The Labute approximate surface area is 195 Å². The Hall–Kier alpha value is -3.00. The Morgan fingerprint density at radius 1 is 0.848 bits per heavy atom. The standard InChI is InChI=1S/C26H29N3O3S/c1-21-12-13-24(33(31,32)27-19-22-8-4-2-5-9-22)18-25(21)26(30)29-16-14-28(15-17-29)20-23-10-6-3-7-11-23/h2-13,18,27H,14-17,19-20H2,1H3. The van der Waals surface area contributed by atoms with E-state index in [1.54, 1.807) is 12.1 Å². The quantitative estimate of drug-likeness (QED) is 0.583. The second-order valence-electron chi connectivity index (χ2n) is 8.34. The maximum atomic E-state index is 13.2. The number of hydrogen-bond donors (Lipinski definition) is 1. The minimum absolute atomic E-state index is 0.107. The summed E-state index contributed by atoms with van der Waals surface area (Å²) in [4.78, 5) is 17.5.